The molecular weight excluding hydrogens is 398 g/mol. The van der Waals surface area contributed by atoms with E-state index in [0.29, 0.717) is 25.2 Å². The average Bonchev–Trinajstić information content (AvgIpc) is 3.06. The minimum atomic E-state index is -0.00515. The second-order valence-corrected chi connectivity index (χ2v) is 8.86. The third-order valence-corrected chi connectivity index (χ3v) is 6.68. The molecule has 0 saturated heterocycles. The van der Waals surface area contributed by atoms with Gasteiger partial charge in [0.25, 0.3) is 11.8 Å². The van der Waals surface area contributed by atoms with Crippen LogP contribution in [0.25, 0.3) is 10.8 Å². The van der Waals surface area contributed by atoms with Crippen LogP contribution in [0.1, 0.15) is 58.4 Å². The first-order valence-electron chi connectivity index (χ1n) is 11.6. The summed E-state index contributed by atoms with van der Waals surface area (Å²) in [7, 11) is 0. The lowest BCUT2D eigenvalue weighted by Gasteiger charge is -2.23. The lowest BCUT2D eigenvalue weighted by molar-refractivity contribution is 0.0754. The molecule has 2 N–H and O–H groups in total. The van der Waals surface area contributed by atoms with Gasteiger partial charge in [0.1, 0.15) is 0 Å². The van der Waals surface area contributed by atoms with Gasteiger partial charge in [0.15, 0.2) is 0 Å². The van der Waals surface area contributed by atoms with E-state index in [9.17, 15) is 9.59 Å². The van der Waals surface area contributed by atoms with Crippen LogP contribution in [0, 0.1) is 0 Å². The molecule has 3 aromatic rings. The van der Waals surface area contributed by atoms with E-state index in [0.717, 1.165) is 40.4 Å². The highest BCUT2D eigenvalue weighted by Gasteiger charge is 2.23. The highest BCUT2D eigenvalue weighted by atomic mass is 16.2. The summed E-state index contributed by atoms with van der Waals surface area (Å²) in [5.74, 6) is 0.0324. The van der Waals surface area contributed by atoms with E-state index < -0.39 is 0 Å². The number of hydrogen-bond acceptors (Lipinski definition) is 3. The molecule has 0 bridgehead atoms. The molecule has 5 nitrogen and oxygen atoms in total. The summed E-state index contributed by atoms with van der Waals surface area (Å²) in [6, 6.07) is 20.0. The number of amides is 2. The molecule has 0 atom stereocenters. The van der Waals surface area contributed by atoms with Gasteiger partial charge in [-0.2, -0.15) is 0 Å². The maximum absolute atomic E-state index is 13.4. The van der Waals surface area contributed by atoms with Crippen LogP contribution in [0.5, 0.6) is 0 Å². The third-order valence-electron chi connectivity index (χ3n) is 6.68. The lowest BCUT2D eigenvalue weighted by Crippen LogP contribution is -2.36. The number of benzene rings is 3. The van der Waals surface area contributed by atoms with E-state index in [4.69, 9.17) is 0 Å². The first-order valence-corrected chi connectivity index (χ1v) is 11.6. The average molecular weight is 428 g/mol. The normalized spacial score (nSPS) is 16.7. The molecule has 164 valence electrons. The predicted molar refractivity (Wildman–Crippen MR) is 128 cm³/mol. The molecule has 1 fully saturated rings. The minimum absolute atomic E-state index is 0.00515. The van der Waals surface area contributed by atoms with E-state index in [-0.39, 0.29) is 17.9 Å². The Labute approximate surface area is 188 Å². The summed E-state index contributed by atoms with van der Waals surface area (Å²) < 4.78 is 0. The van der Waals surface area contributed by atoms with Crippen molar-refractivity contribution >= 4 is 28.3 Å². The fourth-order valence-electron chi connectivity index (χ4n) is 4.90. The molecule has 2 amide bonds. The van der Waals surface area contributed by atoms with Crippen molar-refractivity contribution in [1.29, 1.82) is 0 Å². The molecule has 1 heterocycles. The maximum Gasteiger partial charge on any atom is 0.254 e. The Morgan fingerprint density at radius 2 is 1.75 bits per heavy atom. The Hall–Kier alpha value is -3.34. The Balaban J connectivity index is 1.34. The summed E-state index contributed by atoms with van der Waals surface area (Å²) in [6.07, 6.45) is 5.79. The van der Waals surface area contributed by atoms with Crippen LogP contribution in [0.3, 0.4) is 0 Å². The molecule has 1 aliphatic carbocycles. The van der Waals surface area contributed by atoms with Crippen LogP contribution >= 0.6 is 0 Å². The molecule has 0 aromatic heterocycles. The summed E-state index contributed by atoms with van der Waals surface area (Å²) in [5, 5.41) is 8.66. The van der Waals surface area contributed by atoms with Gasteiger partial charge >= 0.3 is 0 Å². The number of carbonyl (C=O) groups excluding carboxylic acids is 2. The highest BCUT2D eigenvalue weighted by molar-refractivity contribution is 6.07. The number of nitrogens with zero attached hydrogens (tertiary/aromatic N) is 1. The molecule has 0 radical (unpaired) electrons. The van der Waals surface area contributed by atoms with Gasteiger partial charge in [-0.05, 0) is 47.4 Å². The van der Waals surface area contributed by atoms with E-state index in [1.807, 2.05) is 65.6 Å². The van der Waals surface area contributed by atoms with Crippen molar-refractivity contribution in [3.05, 3.63) is 77.4 Å². The van der Waals surface area contributed by atoms with Crippen LogP contribution in [-0.4, -0.2) is 35.8 Å². The number of carbonyl (C=O) groups is 2. The van der Waals surface area contributed by atoms with Crippen molar-refractivity contribution < 1.29 is 9.59 Å². The summed E-state index contributed by atoms with van der Waals surface area (Å²) in [6.45, 7) is 1.78. The highest BCUT2D eigenvalue weighted by Crippen LogP contribution is 2.26. The second-order valence-electron chi connectivity index (χ2n) is 8.86. The topological polar surface area (TPSA) is 61.4 Å². The standard InChI is InChI=1S/C27H29N3O2/c31-26(29-22-9-2-1-3-10-22)20-13-14-21-18-30(16-15-28-25(21)17-20)27(32)24-12-6-8-19-7-4-5-11-23(19)24/h4-8,11-14,17,22,28H,1-3,9-10,15-16,18H2,(H,29,31). The third kappa shape index (κ3) is 4.20. The molecule has 5 rings (SSSR count). The quantitative estimate of drug-likeness (QED) is 0.620. The number of fused-ring (bicyclic) bond motifs is 2. The fraction of sp³-hybridized carbons (Fsp3) is 0.333. The summed E-state index contributed by atoms with van der Waals surface area (Å²) in [5.41, 5.74) is 3.38. The van der Waals surface area contributed by atoms with Crippen LogP contribution < -0.4 is 10.6 Å². The van der Waals surface area contributed by atoms with Gasteiger partial charge in [-0.15, -0.1) is 0 Å². The van der Waals surface area contributed by atoms with Gasteiger partial charge in [0.2, 0.25) is 0 Å². The Kier molecular flexibility index (Phi) is 5.80. The van der Waals surface area contributed by atoms with Crippen LogP contribution in [0.2, 0.25) is 0 Å². The first-order chi connectivity index (χ1) is 15.7. The molecule has 0 spiro atoms. The number of anilines is 1. The van der Waals surface area contributed by atoms with E-state index in [1.54, 1.807) is 0 Å². The zero-order chi connectivity index (χ0) is 21.9. The molecule has 5 heteroatoms. The smallest absolute Gasteiger partial charge is 0.254 e. The van der Waals surface area contributed by atoms with Crippen molar-refractivity contribution in [3.63, 3.8) is 0 Å². The van der Waals surface area contributed by atoms with Gasteiger partial charge in [0.05, 0.1) is 0 Å². The fourth-order valence-corrected chi connectivity index (χ4v) is 4.90. The lowest BCUT2D eigenvalue weighted by atomic mass is 9.95. The van der Waals surface area contributed by atoms with Gasteiger partial charge in [0, 0.05) is 42.5 Å². The van der Waals surface area contributed by atoms with Crippen molar-refractivity contribution in [3.8, 4) is 0 Å². The van der Waals surface area contributed by atoms with Crippen molar-refractivity contribution in [2.24, 2.45) is 0 Å². The first kappa shape index (κ1) is 20.6. The van der Waals surface area contributed by atoms with Gasteiger partial charge in [-0.3, -0.25) is 9.59 Å². The monoisotopic (exact) mass is 427 g/mol. The van der Waals surface area contributed by atoms with Crippen molar-refractivity contribution in [2.45, 2.75) is 44.7 Å². The molecule has 32 heavy (non-hydrogen) atoms. The van der Waals surface area contributed by atoms with E-state index in [1.165, 1.54) is 19.3 Å². The minimum Gasteiger partial charge on any atom is -0.383 e. The van der Waals surface area contributed by atoms with Crippen molar-refractivity contribution in [1.82, 2.24) is 10.2 Å². The number of hydrogen-bond donors (Lipinski definition) is 2. The van der Waals surface area contributed by atoms with E-state index in [2.05, 4.69) is 10.6 Å². The Bertz CT molecular complexity index is 1150. The summed E-state index contributed by atoms with van der Waals surface area (Å²) >= 11 is 0. The second kappa shape index (κ2) is 9.03. The molecule has 0 unspecified atom stereocenters. The Morgan fingerprint density at radius 1 is 0.938 bits per heavy atom. The van der Waals surface area contributed by atoms with Gasteiger partial charge in [-0.1, -0.05) is 61.7 Å². The molecular formula is C27H29N3O2. The van der Waals surface area contributed by atoms with E-state index >= 15 is 0 Å². The van der Waals surface area contributed by atoms with Crippen LogP contribution in [0.15, 0.2) is 60.7 Å². The zero-order valence-electron chi connectivity index (χ0n) is 18.3. The predicted octanol–water partition coefficient (Wildman–Crippen LogP) is 4.97. The number of nitrogens with one attached hydrogen (secondary N) is 2. The molecule has 2 aliphatic rings. The Morgan fingerprint density at radius 3 is 2.62 bits per heavy atom. The summed E-state index contributed by atoms with van der Waals surface area (Å²) in [4.78, 5) is 28.1. The molecule has 3 aromatic carbocycles. The molecule has 1 saturated carbocycles. The molecule has 1 aliphatic heterocycles. The number of rotatable bonds is 3. The largest absolute Gasteiger partial charge is 0.383 e. The van der Waals surface area contributed by atoms with Crippen molar-refractivity contribution in [2.75, 3.05) is 18.4 Å². The van der Waals surface area contributed by atoms with Gasteiger partial charge in [-0.25, -0.2) is 0 Å². The maximum atomic E-state index is 13.4. The zero-order valence-corrected chi connectivity index (χ0v) is 18.3. The van der Waals surface area contributed by atoms with Gasteiger partial charge < -0.3 is 15.5 Å². The van der Waals surface area contributed by atoms with Crippen LogP contribution in [-0.2, 0) is 6.54 Å². The van der Waals surface area contributed by atoms with Crippen LogP contribution in [0.4, 0.5) is 5.69 Å². The SMILES string of the molecule is O=C(NC1CCCCC1)c1ccc2c(c1)NCCN(C(=O)c1cccc3ccccc13)C2.